The van der Waals surface area contributed by atoms with E-state index in [1.54, 1.807) is 0 Å². The van der Waals surface area contributed by atoms with E-state index in [-0.39, 0.29) is 24.9 Å². The molecular formula is C15H28F2O2. The molecule has 4 heteroatoms. The zero-order valence-electron chi connectivity index (χ0n) is 12.6. The van der Waals surface area contributed by atoms with E-state index in [4.69, 9.17) is 9.47 Å². The highest BCUT2D eigenvalue weighted by Gasteiger charge is 2.45. The van der Waals surface area contributed by atoms with E-state index in [2.05, 4.69) is 13.8 Å². The minimum atomic E-state index is -2.40. The Labute approximate surface area is 115 Å². The molecule has 19 heavy (non-hydrogen) atoms. The molecule has 0 aliphatic heterocycles. The van der Waals surface area contributed by atoms with Crippen LogP contribution in [0.3, 0.4) is 0 Å². The Balaban J connectivity index is 0.000000200. The zero-order valence-corrected chi connectivity index (χ0v) is 12.6. The van der Waals surface area contributed by atoms with Crippen LogP contribution in [0.15, 0.2) is 0 Å². The van der Waals surface area contributed by atoms with Crippen molar-refractivity contribution in [1.29, 1.82) is 0 Å². The van der Waals surface area contributed by atoms with Gasteiger partial charge in [0, 0.05) is 19.4 Å². The van der Waals surface area contributed by atoms with Crippen LogP contribution in [0.2, 0.25) is 0 Å². The quantitative estimate of drug-likeness (QED) is 0.722. The summed E-state index contributed by atoms with van der Waals surface area (Å²) in [7, 11) is 0. The fraction of sp³-hybridized carbons (Fsp3) is 1.00. The first-order chi connectivity index (χ1) is 8.78. The van der Waals surface area contributed by atoms with Crippen LogP contribution in [0.25, 0.3) is 0 Å². The molecular weight excluding hydrogens is 250 g/mol. The molecule has 0 spiro atoms. The standard InChI is InChI=1S/C8H14F2O.C7H14O/c1-6(2)11-5-7-3-8(9,10)4-7;1-6(2)8-5-7-3-4-7/h6-7H,3-5H2,1-2H3;6-7H,3-5H2,1-2H3. The van der Waals surface area contributed by atoms with Gasteiger partial charge < -0.3 is 9.47 Å². The molecule has 0 aromatic heterocycles. The Morgan fingerprint density at radius 3 is 1.63 bits per heavy atom. The summed E-state index contributed by atoms with van der Waals surface area (Å²) >= 11 is 0. The monoisotopic (exact) mass is 278 g/mol. The van der Waals surface area contributed by atoms with Gasteiger partial charge in [0.1, 0.15) is 0 Å². The third-order valence-corrected chi connectivity index (χ3v) is 3.20. The first kappa shape index (κ1) is 16.8. The second kappa shape index (κ2) is 7.53. The van der Waals surface area contributed by atoms with Gasteiger partial charge >= 0.3 is 0 Å². The number of alkyl halides is 2. The summed E-state index contributed by atoms with van der Waals surface area (Å²) in [4.78, 5) is 0. The summed E-state index contributed by atoms with van der Waals surface area (Å²) in [5.74, 6) is -1.39. The lowest BCUT2D eigenvalue weighted by molar-refractivity contribution is -0.132. The summed E-state index contributed by atoms with van der Waals surface area (Å²) in [6, 6.07) is 0. The van der Waals surface area contributed by atoms with E-state index in [9.17, 15) is 8.78 Å². The van der Waals surface area contributed by atoms with Gasteiger partial charge in [-0.1, -0.05) is 0 Å². The van der Waals surface area contributed by atoms with Crippen molar-refractivity contribution in [1.82, 2.24) is 0 Å². The molecule has 0 bridgehead atoms. The average Bonchev–Trinajstić information content (AvgIpc) is 3.05. The zero-order chi connectivity index (χ0) is 14.5. The third-order valence-electron chi connectivity index (χ3n) is 3.20. The second-order valence-corrected chi connectivity index (χ2v) is 6.34. The smallest absolute Gasteiger partial charge is 0.248 e. The maximum Gasteiger partial charge on any atom is 0.248 e. The number of ether oxygens (including phenoxy) is 2. The first-order valence-corrected chi connectivity index (χ1v) is 7.39. The van der Waals surface area contributed by atoms with Gasteiger partial charge in [-0.2, -0.15) is 0 Å². The van der Waals surface area contributed by atoms with Gasteiger partial charge in [-0.25, -0.2) is 8.78 Å². The summed E-state index contributed by atoms with van der Waals surface area (Å²) in [6.07, 6.45) is 3.40. The highest BCUT2D eigenvalue weighted by Crippen LogP contribution is 2.42. The van der Waals surface area contributed by atoms with Crippen molar-refractivity contribution in [2.75, 3.05) is 13.2 Å². The van der Waals surface area contributed by atoms with Gasteiger partial charge in [0.05, 0.1) is 18.8 Å². The van der Waals surface area contributed by atoms with E-state index >= 15 is 0 Å². The molecule has 114 valence electrons. The molecule has 0 aromatic rings. The van der Waals surface area contributed by atoms with Crippen molar-refractivity contribution in [3.8, 4) is 0 Å². The van der Waals surface area contributed by atoms with Crippen LogP contribution in [0.1, 0.15) is 53.4 Å². The van der Waals surface area contributed by atoms with E-state index in [1.807, 2.05) is 13.8 Å². The molecule has 0 N–H and O–H groups in total. The van der Waals surface area contributed by atoms with Crippen LogP contribution >= 0.6 is 0 Å². The summed E-state index contributed by atoms with van der Waals surface area (Å²) in [6.45, 7) is 9.49. The Bertz CT molecular complexity index is 241. The van der Waals surface area contributed by atoms with Gasteiger partial charge in [0.15, 0.2) is 0 Å². The molecule has 2 aliphatic carbocycles. The van der Waals surface area contributed by atoms with Crippen LogP contribution in [-0.4, -0.2) is 31.3 Å². The lowest BCUT2D eigenvalue weighted by Crippen LogP contribution is -2.38. The molecule has 0 amide bonds. The number of rotatable bonds is 6. The first-order valence-electron chi connectivity index (χ1n) is 7.39. The second-order valence-electron chi connectivity index (χ2n) is 6.34. The predicted octanol–water partition coefficient (Wildman–Crippen LogP) is 4.28. The highest BCUT2D eigenvalue weighted by molar-refractivity contribution is 4.85. The molecule has 0 heterocycles. The summed E-state index contributed by atoms with van der Waals surface area (Å²) in [5.41, 5.74) is 0. The fourth-order valence-electron chi connectivity index (χ4n) is 1.84. The van der Waals surface area contributed by atoms with Gasteiger partial charge in [-0.3, -0.25) is 0 Å². The van der Waals surface area contributed by atoms with Crippen molar-refractivity contribution in [2.24, 2.45) is 11.8 Å². The van der Waals surface area contributed by atoms with Crippen molar-refractivity contribution in [3.63, 3.8) is 0 Å². The van der Waals surface area contributed by atoms with Crippen molar-refractivity contribution in [3.05, 3.63) is 0 Å². The molecule has 2 fully saturated rings. The van der Waals surface area contributed by atoms with Crippen LogP contribution in [0.4, 0.5) is 8.78 Å². The van der Waals surface area contributed by atoms with Crippen molar-refractivity contribution < 1.29 is 18.3 Å². The Morgan fingerprint density at radius 2 is 1.32 bits per heavy atom. The molecule has 0 saturated heterocycles. The lowest BCUT2D eigenvalue weighted by Gasteiger charge is -2.34. The predicted molar refractivity (Wildman–Crippen MR) is 72.6 cm³/mol. The fourth-order valence-corrected chi connectivity index (χ4v) is 1.84. The van der Waals surface area contributed by atoms with Crippen LogP contribution in [0.5, 0.6) is 0 Å². The summed E-state index contributed by atoms with van der Waals surface area (Å²) in [5, 5.41) is 0. The van der Waals surface area contributed by atoms with Gasteiger partial charge in [0.2, 0.25) is 5.92 Å². The molecule has 2 rings (SSSR count). The third kappa shape index (κ3) is 8.53. The minimum Gasteiger partial charge on any atom is -0.379 e. The Morgan fingerprint density at radius 1 is 0.895 bits per heavy atom. The highest BCUT2D eigenvalue weighted by atomic mass is 19.3. The molecule has 2 nitrogen and oxygen atoms in total. The average molecular weight is 278 g/mol. The maximum atomic E-state index is 12.3. The number of halogens is 2. The van der Waals surface area contributed by atoms with E-state index in [0.717, 1.165) is 12.5 Å². The van der Waals surface area contributed by atoms with Crippen molar-refractivity contribution >= 4 is 0 Å². The molecule has 0 unspecified atom stereocenters. The van der Waals surface area contributed by atoms with Gasteiger partial charge in [0.25, 0.3) is 0 Å². The maximum absolute atomic E-state index is 12.3. The number of hydrogen-bond acceptors (Lipinski definition) is 2. The normalized spacial score (nSPS) is 22.1. The Hall–Kier alpha value is -0.220. The number of hydrogen-bond donors (Lipinski definition) is 0. The minimum absolute atomic E-state index is 0.0136. The molecule has 0 aromatic carbocycles. The van der Waals surface area contributed by atoms with E-state index in [1.165, 1.54) is 12.8 Å². The lowest BCUT2D eigenvalue weighted by atomic mass is 9.82. The van der Waals surface area contributed by atoms with Crippen LogP contribution in [0, 0.1) is 11.8 Å². The summed E-state index contributed by atoms with van der Waals surface area (Å²) < 4.78 is 35.1. The topological polar surface area (TPSA) is 18.5 Å². The molecule has 0 radical (unpaired) electrons. The van der Waals surface area contributed by atoms with Gasteiger partial charge in [-0.15, -0.1) is 0 Å². The van der Waals surface area contributed by atoms with Gasteiger partial charge in [-0.05, 0) is 52.4 Å². The SMILES string of the molecule is CC(C)OCC1CC(F)(F)C1.CC(C)OCC1CC1. The van der Waals surface area contributed by atoms with E-state index < -0.39 is 5.92 Å². The molecule has 2 saturated carbocycles. The van der Waals surface area contributed by atoms with Crippen molar-refractivity contribution in [2.45, 2.75) is 71.5 Å². The largest absolute Gasteiger partial charge is 0.379 e. The molecule has 0 atom stereocenters. The molecule has 2 aliphatic rings. The van der Waals surface area contributed by atoms with Crippen LogP contribution in [-0.2, 0) is 9.47 Å². The Kier molecular flexibility index (Phi) is 6.67. The van der Waals surface area contributed by atoms with Crippen LogP contribution < -0.4 is 0 Å². The van der Waals surface area contributed by atoms with E-state index in [0.29, 0.717) is 12.7 Å².